The van der Waals surface area contributed by atoms with Gasteiger partial charge in [-0.05, 0) is 30.4 Å². The van der Waals surface area contributed by atoms with Crippen molar-refractivity contribution in [3.63, 3.8) is 0 Å². The molecular formula is C20H30N2. The highest BCUT2D eigenvalue weighted by Gasteiger charge is 2.11. The van der Waals surface area contributed by atoms with Crippen molar-refractivity contribution in [3.8, 4) is 0 Å². The molecule has 0 aliphatic carbocycles. The molecule has 0 saturated heterocycles. The van der Waals surface area contributed by atoms with Crippen molar-refractivity contribution in [2.24, 2.45) is 0 Å². The number of nitrogen functional groups attached to an aromatic ring is 1. The fourth-order valence-corrected chi connectivity index (χ4v) is 3.07. The molecule has 0 aliphatic heterocycles. The first-order valence-electron chi connectivity index (χ1n) is 8.80. The lowest BCUT2D eigenvalue weighted by Gasteiger charge is -2.27. The molecule has 0 aromatic heterocycles. The Balaban J connectivity index is 2.28. The molecule has 0 heterocycles. The second kappa shape index (κ2) is 8.67. The van der Waals surface area contributed by atoms with Crippen LogP contribution in [0.15, 0.2) is 36.4 Å². The second-order valence-electron chi connectivity index (χ2n) is 6.12. The molecule has 0 aliphatic rings. The van der Waals surface area contributed by atoms with Crippen molar-refractivity contribution in [2.75, 3.05) is 23.7 Å². The van der Waals surface area contributed by atoms with Crippen molar-refractivity contribution < 1.29 is 0 Å². The van der Waals surface area contributed by atoms with E-state index < -0.39 is 0 Å². The minimum absolute atomic E-state index is 0.893. The summed E-state index contributed by atoms with van der Waals surface area (Å²) in [6.45, 7) is 6.78. The van der Waals surface area contributed by atoms with Crippen molar-refractivity contribution in [1.29, 1.82) is 0 Å². The highest BCUT2D eigenvalue weighted by atomic mass is 15.1. The van der Waals surface area contributed by atoms with Gasteiger partial charge in [-0.25, -0.2) is 0 Å². The molecule has 22 heavy (non-hydrogen) atoms. The fraction of sp³-hybridized carbons (Fsp3) is 0.500. The summed E-state index contributed by atoms with van der Waals surface area (Å²) in [6.07, 6.45) is 7.63. The van der Waals surface area contributed by atoms with E-state index in [1.807, 2.05) is 12.1 Å². The van der Waals surface area contributed by atoms with Crippen LogP contribution in [0, 0.1) is 0 Å². The van der Waals surface area contributed by atoms with Gasteiger partial charge in [-0.15, -0.1) is 0 Å². The molecule has 2 nitrogen and oxygen atoms in total. The number of benzene rings is 2. The minimum atomic E-state index is 0.893. The van der Waals surface area contributed by atoms with Gasteiger partial charge >= 0.3 is 0 Å². The molecule has 0 bridgehead atoms. The average molecular weight is 298 g/mol. The SMILES string of the molecule is CCCCCN(CCCCC)c1cccc2cccc(N)c12. The zero-order chi connectivity index (χ0) is 15.8. The van der Waals surface area contributed by atoms with Crippen LogP contribution in [0.25, 0.3) is 10.8 Å². The first-order valence-corrected chi connectivity index (χ1v) is 8.80. The molecule has 2 rings (SSSR count). The molecule has 0 spiro atoms. The van der Waals surface area contributed by atoms with Crippen LogP contribution < -0.4 is 10.6 Å². The van der Waals surface area contributed by atoms with Crippen LogP contribution in [0.4, 0.5) is 11.4 Å². The number of fused-ring (bicyclic) bond motifs is 1. The summed E-state index contributed by atoms with van der Waals surface area (Å²) in [5.41, 5.74) is 8.48. The van der Waals surface area contributed by atoms with E-state index in [4.69, 9.17) is 5.73 Å². The number of unbranched alkanes of at least 4 members (excludes halogenated alkanes) is 4. The van der Waals surface area contributed by atoms with Gasteiger partial charge in [-0.1, -0.05) is 63.8 Å². The van der Waals surface area contributed by atoms with Crippen molar-refractivity contribution in [2.45, 2.75) is 52.4 Å². The number of nitrogens with zero attached hydrogens (tertiary/aromatic N) is 1. The summed E-state index contributed by atoms with van der Waals surface area (Å²) >= 11 is 0. The monoisotopic (exact) mass is 298 g/mol. The molecule has 2 heteroatoms. The van der Waals surface area contributed by atoms with Crippen LogP contribution in [0.3, 0.4) is 0 Å². The lowest BCUT2D eigenvalue weighted by Crippen LogP contribution is -2.26. The number of hydrogen-bond acceptors (Lipinski definition) is 2. The molecule has 2 aromatic carbocycles. The average Bonchev–Trinajstić information content (AvgIpc) is 2.53. The van der Waals surface area contributed by atoms with E-state index in [0.717, 1.165) is 18.8 Å². The Morgan fingerprint density at radius 1 is 0.818 bits per heavy atom. The van der Waals surface area contributed by atoms with Crippen molar-refractivity contribution >= 4 is 22.1 Å². The van der Waals surface area contributed by atoms with E-state index in [1.54, 1.807) is 0 Å². The predicted molar refractivity (Wildman–Crippen MR) is 99.6 cm³/mol. The third-order valence-electron chi connectivity index (χ3n) is 4.32. The number of rotatable bonds is 9. The van der Waals surface area contributed by atoms with Crippen LogP contribution >= 0.6 is 0 Å². The van der Waals surface area contributed by atoms with Crippen LogP contribution in [-0.4, -0.2) is 13.1 Å². The van der Waals surface area contributed by atoms with Crippen LogP contribution in [-0.2, 0) is 0 Å². The molecular weight excluding hydrogens is 268 g/mol. The topological polar surface area (TPSA) is 29.3 Å². The Kier molecular flexibility index (Phi) is 6.57. The highest BCUT2D eigenvalue weighted by Crippen LogP contribution is 2.32. The first-order chi connectivity index (χ1) is 10.8. The maximum Gasteiger partial charge on any atom is 0.0466 e. The quantitative estimate of drug-likeness (QED) is 0.481. The van der Waals surface area contributed by atoms with Gasteiger partial charge < -0.3 is 10.6 Å². The molecule has 0 saturated carbocycles. The van der Waals surface area contributed by atoms with Gasteiger partial charge in [0.15, 0.2) is 0 Å². The Labute approximate surface area is 135 Å². The van der Waals surface area contributed by atoms with E-state index in [2.05, 4.69) is 43.0 Å². The summed E-state index contributed by atoms with van der Waals surface area (Å²) < 4.78 is 0. The maximum absolute atomic E-state index is 6.28. The van der Waals surface area contributed by atoms with Crippen molar-refractivity contribution in [3.05, 3.63) is 36.4 Å². The van der Waals surface area contributed by atoms with Gasteiger partial charge in [-0.3, -0.25) is 0 Å². The van der Waals surface area contributed by atoms with E-state index in [1.165, 1.54) is 55.0 Å². The van der Waals surface area contributed by atoms with E-state index >= 15 is 0 Å². The van der Waals surface area contributed by atoms with E-state index in [0.29, 0.717) is 0 Å². The largest absolute Gasteiger partial charge is 0.398 e. The third kappa shape index (κ3) is 4.16. The Morgan fingerprint density at radius 3 is 2.00 bits per heavy atom. The van der Waals surface area contributed by atoms with E-state index in [-0.39, 0.29) is 0 Å². The molecule has 120 valence electrons. The van der Waals surface area contributed by atoms with Gasteiger partial charge in [0, 0.05) is 29.9 Å². The molecule has 2 N–H and O–H groups in total. The Morgan fingerprint density at radius 2 is 1.41 bits per heavy atom. The van der Waals surface area contributed by atoms with Crippen LogP contribution in [0.2, 0.25) is 0 Å². The summed E-state index contributed by atoms with van der Waals surface area (Å²) in [6, 6.07) is 12.8. The molecule has 0 atom stereocenters. The molecule has 0 fully saturated rings. The summed E-state index contributed by atoms with van der Waals surface area (Å²) in [5.74, 6) is 0. The second-order valence-corrected chi connectivity index (χ2v) is 6.12. The van der Waals surface area contributed by atoms with Gasteiger partial charge in [0.05, 0.1) is 0 Å². The lowest BCUT2D eigenvalue weighted by molar-refractivity contribution is 0.638. The van der Waals surface area contributed by atoms with Gasteiger partial charge in [0.2, 0.25) is 0 Å². The molecule has 0 radical (unpaired) electrons. The van der Waals surface area contributed by atoms with E-state index in [9.17, 15) is 0 Å². The van der Waals surface area contributed by atoms with Crippen LogP contribution in [0.5, 0.6) is 0 Å². The smallest absolute Gasteiger partial charge is 0.0466 e. The summed E-state index contributed by atoms with van der Waals surface area (Å²) in [4.78, 5) is 2.55. The zero-order valence-corrected chi connectivity index (χ0v) is 14.1. The normalized spacial score (nSPS) is 11.0. The number of hydrogen-bond donors (Lipinski definition) is 1. The zero-order valence-electron chi connectivity index (χ0n) is 14.1. The standard InChI is InChI=1S/C20H30N2/c1-3-5-7-15-22(16-8-6-4-2)19-14-10-12-17-11-9-13-18(21)20(17)19/h9-14H,3-8,15-16,21H2,1-2H3. The molecule has 0 amide bonds. The van der Waals surface area contributed by atoms with Crippen LogP contribution in [0.1, 0.15) is 52.4 Å². The lowest BCUT2D eigenvalue weighted by atomic mass is 10.1. The summed E-state index contributed by atoms with van der Waals surface area (Å²) in [5, 5.41) is 2.46. The fourth-order valence-electron chi connectivity index (χ4n) is 3.07. The Hall–Kier alpha value is -1.70. The minimum Gasteiger partial charge on any atom is -0.398 e. The van der Waals surface area contributed by atoms with Crippen molar-refractivity contribution in [1.82, 2.24) is 0 Å². The maximum atomic E-state index is 6.28. The third-order valence-corrected chi connectivity index (χ3v) is 4.32. The number of nitrogens with two attached hydrogens (primary N) is 1. The Bertz CT molecular complexity index is 562. The van der Waals surface area contributed by atoms with Gasteiger partial charge in [0.1, 0.15) is 0 Å². The predicted octanol–water partition coefficient (Wildman–Crippen LogP) is 5.61. The highest BCUT2D eigenvalue weighted by molar-refractivity contribution is 6.02. The van der Waals surface area contributed by atoms with Gasteiger partial charge in [0.25, 0.3) is 0 Å². The summed E-state index contributed by atoms with van der Waals surface area (Å²) in [7, 11) is 0. The van der Waals surface area contributed by atoms with Gasteiger partial charge in [-0.2, -0.15) is 0 Å². The molecule has 0 unspecified atom stereocenters. The first kappa shape index (κ1) is 16.7. The number of anilines is 2. The molecule has 2 aromatic rings.